The number of hydrogen-bond acceptors (Lipinski definition) is 7. The number of nitrogens with zero attached hydrogens (tertiary/aromatic N) is 7. The maximum atomic E-state index is 10.2. The number of aromatic nitrogens is 8. The zero-order valence-corrected chi connectivity index (χ0v) is 17.4. The topological polar surface area (TPSA) is 122 Å². The Morgan fingerprint density at radius 3 is 2.97 bits per heavy atom. The Balaban J connectivity index is 1.17. The fourth-order valence-corrected chi connectivity index (χ4v) is 4.19. The molecular formula is C22H23N9O. The summed E-state index contributed by atoms with van der Waals surface area (Å²) in [5.74, 6) is 0. The lowest BCUT2D eigenvalue weighted by Gasteiger charge is -2.36. The normalized spacial score (nSPS) is 15.4. The van der Waals surface area contributed by atoms with Crippen molar-refractivity contribution in [1.29, 1.82) is 0 Å². The van der Waals surface area contributed by atoms with Crippen LogP contribution in [0.2, 0.25) is 0 Å². The van der Waals surface area contributed by atoms with Gasteiger partial charge in [-0.25, -0.2) is 9.67 Å². The smallest absolute Gasteiger partial charge is 0.137 e. The van der Waals surface area contributed by atoms with Crippen molar-refractivity contribution >= 4 is 16.6 Å². The number of imidazole rings is 1. The maximum absolute atomic E-state index is 10.2. The van der Waals surface area contributed by atoms with Gasteiger partial charge in [0, 0.05) is 37.1 Å². The molecule has 1 fully saturated rings. The molecule has 0 radical (unpaired) electrons. The van der Waals surface area contributed by atoms with E-state index < -0.39 is 5.60 Å². The van der Waals surface area contributed by atoms with Gasteiger partial charge in [0.25, 0.3) is 0 Å². The van der Waals surface area contributed by atoms with Gasteiger partial charge < -0.3 is 14.8 Å². The van der Waals surface area contributed by atoms with Crippen molar-refractivity contribution in [2.75, 3.05) is 6.54 Å². The highest BCUT2D eigenvalue weighted by atomic mass is 16.3. The zero-order chi connectivity index (χ0) is 21.5. The molecule has 0 amide bonds. The molecule has 0 saturated heterocycles. The van der Waals surface area contributed by atoms with E-state index >= 15 is 0 Å². The van der Waals surface area contributed by atoms with Gasteiger partial charge in [-0.3, -0.25) is 10.1 Å². The Bertz CT molecular complexity index is 1390. The molecule has 1 aliphatic carbocycles. The molecule has 162 valence electrons. The lowest BCUT2D eigenvalue weighted by Crippen LogP contribution is -2.45. The zero-order valence-electron chi connectivity index (χ0n) is 17.4. The van der Waals surface area contributed by atoms with E-state index in [1.54, 1.807) is 17.1 Å². The third-order valence-electron chi connectivity index (χ3n) is 6.10. The van der Waals surface area contributed by atoms with Crippen molar-refractivity contribution in [3.05, 3.63) is 60.4 Å². The number of H-pyrrole nitrogens is 1. The van der Waals surface area contributed by atoms with Gasteiger partial charge >= 0.3 is 0 Å². The van der Waals surface area contributed by atoms with Gasteiger partial charge in [-0.15, -0.1) is 5.10 Å². The predicted molar refractivity (Wildman–Crippen MR) is 118 cm³/mol. The molecule has 32 heavy (non-hydrogen) atoms. The van der Waals surface area contributed by atoms with E-state index in [4.69, 9.17) is 4.98 Å². The van der Waals surface area contributed by atoms with Gasteiger partial charge in [0.05, 0.1) is 35.8 Å². The molecule has 1 saturated carbocycles. The molecule has 6 rings (SSSR count). The van der Waals surface area contributed by atoms with Crippen LogP contribution in [0.3, 0.4) is 0 Å². The van der Waals surface area contributed by atoms with Crippen LogP contribution < -0.4 is 5.32 Å². The summed E-state index contributed by atoms with van der Waals surface area (Å²) in [7, 11) is 0. The number of nitrogens with one attached hydrogen (secondary N) is 2. The minimum Gasteiger partial charge on any atom is -0.389 e. The summed E-state index contributed by atoms with van der Waals surface area (Å²) >= 11 is 0. The third kappa shape index (κ3) is 3.53. The molecular weight excluding hydrogens is 406 g/mol. The Morgan fingerprint density at radius 1 is 1.16 bits per heavy atom. The SMILES string of the molecule is OC1(CNCc2ccc3nc(Cn4cc(-c5nccc6[nH]ncc56)nn4)cn3c2)CCC1. The van der Waals surface area contributed by atoms with Crippen LogP contribution in [0, 0.1) is 0 Å². The Labute approximate surface area is 183 Å². The first-order valence-electron chi connectivity index (χ1n) is 10.7. The third-order valence-corrected chi connectivity index (χ3v) is 6.10. The predicted octanol–water partition coefficient (Wildman–Crippen LogP) is 1.92. The number of aromatic amines is 1. The molecule has 1 aliphatic rings. The van der Waals surface area contributed by atoms with Crippen LogP contribution in [-0.4, -0.2) is 56.8 Å². The van der Waals surface area contributed by atoms with Gasteiger partial charge in [-0.05, 0) is 37.0 Å². The van der Waals surface area contributed by atoms with E-state index in [1.807, 2.05) is 28.9 Å². The van der Waals surface area contributed by atoms with Crippen molar-refractivity contribution in [3.8, 4) is 11.4 Å². The maximum Gasteiger partial charge on any atom is 0.137 e. The first kappa shape index (κ1) is 19.1. The van der Waals surface area contributed by atoms with Crippen LogP contribution in [0.5, 0.6) is 0 Å². The molecule has 0 atom stereocenters. The lowest BCUT2D eigenvalue weighted by atomic mass is 9.80. The molecule has 0 bridgehead atoms. The second kappa shape index (κ2) is 7.50. The van der Waals surface area contributed by atoms with Crippen LogP contribution in [0.15, 0.2) is 49.2 Å². The second-order valence-electron chi connectivity index (χ2n) is 8.51. The minimum absolute atomic E-state index is 0.511. The van der Waals surface area contributed by atoms with Gasteiger partial charge in [0.15, 0.2) is 0 Å². The van der Waals surface area contributed by atoms with E-state index in [0.717, 1.165) is 52.8 Å². The fraction of sp³-hybridized carbons (Fsp3) is 0.318. The monoisotopic (exact) mass is 429 g/mol. The average Bonchev–Trinajstić information content (AvgIpc) is 3.51. The molecule has 5 aromatic rings. The van der Waals surface area contributed by atoms with Crippen molar-refractivity contribution in [1.82, 2.24) is 44.9 Å². The first-order chi connectivity index (χ1) is 15.7. The summed E-state index contributed by atoms with van der Waals surface area (Å²) in [5.41, 5.74) is 4.77. The summed E-state index contributed by atoms with van der Waals surface area (Å²) in [6.45, 7) is 1.86. The largest absolute Gasteiger partial charge is 0.389 e. The van der Waals surface area contributed by atoms with Crippen LogP contribution in [0.4, 0.5) is 0 Å². The summed E-state index contributed by atoms with van der Waals surface area (Å²) in [6, 6.07) is 5.95. The highest BCUT2D eigenvalue weighted by Gasteiger charge is 2.33. The van der Waals surface area contributed by atoms with Crippen LogP contribution in [-0.2, 0) is 13.1 Å². The average molecular weight is 429 g/mol. The molecule has 5 aromatic heterocycles. The van der Waals surface area contributed by atoms with E-state index in [9.17, 15) is 5.11 Å². The number of aliphatic hydroxyl groups is 1. The van der Waals surface area contributed by atoms with Gasteiger partial charge in [-0.1, -0.05) is 11.3 Å². The molecule has 0 unspecified atom stereocenters. The van der Waals surface area contributed by atoms with Crippen LogP contribution in [0.25, 0.3) is 27.9 Å². The Kier molecular flexibility index (Phi) is 4.47. The van der Waals surface area contributed by atoms with Gasteiger partial charge in [0.2, 0.25) is 0 Å². The van der Waals surface area contributed by atoms with Crippen LogP contribution >= 0.6 is 0 Å². The number of hydrogen-bond donors (Lipinski definition) is 3. The van der Waals surface area contributed by atoms with E-state index in [2.05, 4.69) is 43.1 Å². The Morgan fingerprint density at radius 2 is 2.09 bits per heavy atom. The second-order valence-corrected chi connectivity index (χ2v) is 8.51. The van der Waals surface area contributed by atoms with Crippen molar-refractivity contribution in [2.45, 2.75) is 38.0 Å². The van der Waals surface area contributed by atoms with Crippen molar-refractivity contribution in [2.24, 2.45) is 0 Å². The molecule has 0 aliphatic heterocycles. The Hall–Kier alpha value is -3.63. The summed E-state index contributed by atoms with van der Waals surface area (Å²) in [6.07, 6.45) is 12.3. The molecule has 0 spiro atoms. The quantitative estimate of drug-likeness (QED) is 0.361. The highest BCUT2D eigenvalue weighted by Crippen LogP contribution is 2.30. The standard InChI is InChI=1S/C22H23N9O/c32-22(5-1-6-22)14-23-8-15-2-3-20-26-16(11-30(20)10-15)12-31-13-19(28-29-31)21-17-9-25-27-18(17)4-7-24-21/h2-4,7,9-11,13,23,32H,1,5-6,8,12,14H2,(H,25,27). The van der Waals surface area contributed by atoms with Crippen molar-refractivity contribution < 1.29 is 5.11 Å². The molecule has 3 N–H and O–H groups in total. The summed E-state index contributed by atoms with van der Waals surface area (Å²) in [4.78, 5) is 9.14. The fourth-order valence-electron chi connectivity index (χ4n) is 4.19. The highest BCUT2D eigenvalue weighted by molar-refractivity contribution is 5.90. The molecule has 5 heterocycles. The minimum atomic E-state index is -0.512. The molecule has 0 aromatic carbocycles. The van der Waals surface area contributed by atoms with Gasteiger partial charge in [0.1, 0.15) is 17.0 Å². The first-order valence-corrected chi connectivity index (χ1v) is 10.7. The lowest BCUT2D eigenvalue weighted by molar-refractivity contribution is -0.0314. The molecule has 10 nitrogen and oxygen atoms in total. The van der Waals surface area contributed by atoms with E-state index in [-0.39, 0.29) is 0 Å². The summed E-state index contributed by atoms with van der Waals surface area (Å²) < 4.78 is 3.79. The van der Waals surface area contributed by atoms with Gasteiger partial charge in [-0.2, -0.15) is 5.10 Å². The van der Waals surface area contributed by atoms with E-state index in [1.165, 1.54) is 0 Å². The number of rotatable bonds is 7. The van der Waals surface area contributed by atoms with Crippen LogP contribution in [0.1, 0.15) is 30.5 Å². The van der Waals surface area contributed by atoms with Crippen molar-refractivity contribution in [3.63, 3.8) is 0 Å². The number of fused-ring (bicyclic) bond motifs is 2. The number of pyridine rings is 2. The molecule has 10 heteroatoms. The summed E-state index contributed by atoms with van der Waals surface area (Å²) in [5, 5.41) is 30.1. The van der Waals surface area contributed by atoms with E-state index in [0.29, 0.717) is 25.3 Å².